The van der Waals surface area contributed by atoms with E-state index in [4.69, 9.17) is 0 Å². The monoisotopic (exact) mass is 291 g/mol. The molecule has 1 fully saturated rings. The number of hydrogen-bond donors (Lipinski definition) is 1. The zero-order chi connectivity index (χ0) is 15.7. The van der Waals surface area contributed by atoms with Crippen LogP contribution in [0.25, 0.3) is 0 Å². The standard InChI is InChI=1S/C15H23N3O.C2H6/c1-16-15(19)14-6-4-13(5-7-14)12-18-9-3-8-17(2)10-11-18;1-2/h4-7H,3,8-12H2,1-2H3,(H,16,19);1-2H3. The van der Waals surface area contributed by atoms with Gasteiger partial charge in [0.1, 0.15) is 0 Å². The van der Waals surface area contributed by atoms with Crippen molar-refractivity contribution in [2.45, 2.75) is 26.8 Å². The third-order valence-corrected chi connectivity index (χ3v) is 3.66. The van der Waals surface area contributed by atoms with Gasteiger partial charge < -0.3 is 10.2 Å². The molecule has 2 rings (SSSR count). The Balaban J connectivity index is 0.00000106. The molecular formula is C17H29N3O. The maximum atomic E-state index is 11.5. The van der Waals surface area contributed by atoms with Gasteiger partial charge in [0.15, 0.2) is 0 Å². The summed E-state index contributed by atoms with van der Waals surface area (Å²) in [6, 6.07) is 7.91. The smallest absolute Gasteiger partial charge is 0.251 e. The van der Waals surface area contributed by atoms with E-state index >= 15 is 0 Å². The van der Waals surface area contributed by atoms with E-state index < -0.39 is 0 Å². The van der Waals surface area contributed by atoms with Gasteiger partial charge in [-0.25, -0.2) is 0 Å². The van der Waals surface area contributed by atoms with Crippen molar-refractivity contribution in [1.82, 2.24) is 15.1 Å². The third-order valence-electron chi connectivity index (χ3n) is 3.66. The molecule has 1 N–H and O–H groups in total. The molecule has 4 heteroatoms. The van der Waals surface area contributed by atoms with Crippen molar-refractivity contribution < 1.29 is 4.79 Å². The Labute approximate surface area is 129 Å². The van der Waals surface area contributed by atoms with Gasteiger partial charge in [0.25, 0.3) is 5.91 Å². The van der Waals surface area contributed by atoms with Crippen LogP contribution in [-0.2, 0) is 6.54 Å². The Hall–Kier alpha value is -1.39. The Bertz CT molecular complexity index is 417. The Kier molecular flexibility index (Phi) is 8.01. The number of amides is 1. The zero-order valence-electron chi connectivity index (χ0n) is 13.9. The van der Waals surface area contributed by atoms with E-state index in [1.807, 2.05) is 26.0 Å². The molecule has 0 bridgehead atoms. The van der Waals surface area contributed by atoms with Gasteiger partial charge in [0.2, 0.25) is 0 Å². The number of benzene rings is 1. The zero-order valence-corrected chi connectivity index (χ0v) is 13.9. The van der Waals surface area contributed by atoms with E-state index in [9.17, 15) is 4.79 Å². The molecule has 0 spiro atoms. The Morgan fingerprint density at radius 2 is 1.76 bits per heavy atom. The molecule has 4 nitrogen and oxygen atoms in total. The third kappa shape index (κ3) is 5.86. The number of hydrogen-bond acceptors (Lipinski definition) is 3. The van der Waals surface area contributed by atoms with Crippen molar-refractivity contribution in [1.29, 1.82) is 0 Å². The van der Waals surface area contributed by atoms with Crippen molar-refractivity contribution in [3.63, 3.8) is 0 Å². The summed E-state index contributed by atoms with van der Waals surface area (Å²) in [5.74, 6) is -0.0250. The summed E-state index contributed by atoms with van der Waals surface area (Å²) in [7, 11) is 3.84. The van der Waals surface area contributed by atoms with Crippen LogP contribution in [0.1, 0.15) is 36.2 Å². The molecule has 21 heavy (non-hydrogen) atoms. The van der Waals surface area contributed by atoms with Crippen molar-refractivity contribution in [2.24, 2.45) is 0 Å². The van der Waals surface area contributed by atoms with Crippen LogP contribution in [0, 0.1) is 0 Å². The summed E-state index contributed by atoms with van der Waals surface area (Å²) in [6.07, 6.45) is 1.23. The largest absolute Gasteiger partial charge is 0.355 e. The number of carbonyl (C=O) groups excluding carboxylic acids is 1. The molecule has 0 atom stereocenters. The van der Waals surface area contributed by atoms with Gasteiger partial charge in [0.05, 0.1) is 0 Å². The molecule has 1 saturated heterocycles. The number of nitrogens with zero attached hydrogens (tertiary/aromatic N) is 2. The van der Waals surface area contributed by atoms with E-state index in [2.05, 4.69) is 34.3 Å². The van der Waals surface area contributed by atoms with Crippen LogP contribution in [0.5, 0.6) is 0 Å². The number of likely N-dealkylation sites (N-methyl/N-ethyl adjacent to an activating group) is 1. The summed E-state index contributed by atoms with van der Waals surface area (Å²) in [5, 5.41) is 2.64. The fraction of sp³-hybridized carbons (Fsp3) is 0.588. The first-order chi connectivity index (χ1) is 10.2. The highest BCUT2D eigenvalue weighted by atomic mass is 16.1. The molecule has 1 aromatic carbocycles. The van der Waals surface area contributed by atoms with Crippen LogP contribution in [0.3, 0.4) is 0 Å². The molecule has 1 heterocycles. The van der Waals surface area contributed by atoms with Crippen molar-refractivity contribution in [2.75, 3.05) is 40.3 Å². The molecule has 1 aromatic rings. The first-order valence-corrected chi connectivity index (χ1v) is 7.91. The van der Waals surface area contributed by atoms with E-state index in [0.29, 0.717) is 0 Å². The van der Waals surface area contributed by atoms with Gasteiger partial charge in [-0.05, 0) is 44.3 Å². The molecule has 1 aliphatic rings. The summed E-state index contributed by atoms with van der Waals surface area (Å²) >= 11 is 0. The van der Waals surface area contributed by atoms with Crippen LogP contribution >= 0.6 is 0 Å². The highest BCUT2D eigenvalue weighted by Crippen LogP contribution is 2.10. The van der Waals surface area contributed by atoms with Gasteiger partial charge in [-0.1, -0.05) is 26.0 Å². The topological polar surface area (TPSA) is 35.6 Å². The Morgan fingerprint density at radius 3 is 2.38 bits per heavy atom. The Morgan fingerprint density at radius 1 is 1.10 bits per heavy atom. The fourth-order valence-corrected chi connectivity index (χ4v) is 2.42. The lowest BCUT2D eigenvalue weighted by atomic mass is 10.1. The van der Waals surface area contributed by atoms with Crippen molar-refractivity contribution >= 4 is 5.91 Å². The van der Waals surface area contributed by atoms with Crippen LogP contribution in [0.4, 0.5) is 0 Å². The van der Waals surface area contributed by atoms with Gasteiger partial charge >= 0.3 is 0 Å². The van der Waals surface area contributed by atoms with Crippen molar-refractivity contribution in [3.8, 4) is 0 Å². The second kappa shape index (κ2) is 9.53. The fourth-order valence-electron chi connectivity index (χ4n) is 2.42. The maximum absolute atomic E-state index is 11.5. The second-order valence-electron chi connectivity index (χ2n) is 5.21. The minimum Gasteiger partial charge on any atom is -0.355 e. The van der Waals surface area contributed by atoms with Crippen LogP contribution in [0.15, 0.2) is 24.3 Å². The highest BCUT2D eigenvalue weighted by molar-refractivity contribution is 5.93. The summed E-state index contributed by atoms with van der Waals surface area (Å²) in [5.41, 5.74) is 2.00. The normalized spacial score (nSPS) is 16.6. The minimum absolute atomic E-state index is 0.0250. The molecule has 118 valence electrons. The number of nitrogens with one attached hydrogen (secondary N) is 1. The summed E-state index contributed by atoms with van der Waals surface area (Å²) in [6.45, 7) is 9.57. The van der Waals surface area contributed by atoms with Crippen molar-refractivity contribution in [3.05, 3.63) is 35.4 Å². The first-order valence-electron chi connectivity index (χ1n) is 7.91. The lowest BCUT2D eigenvalue weighted by molar-refractivity contribution is 0.0963. The number of carbonyl (C=O) groups is 1. The van der Waals surface area contributed by atoms with Crippen LogP contribution in [0.2, 0.25) is 0 Å². The van der Waals surface area contributed by atoms with E-state index in [1.54, 1.807) is 7.05 Å². The lowest BCUT2D eigenvalue weighted by Crippen LogP contribution is -2.28. The van der Waals surface area contributed by atoms with Gasteiger partial charge in [-0.3, -0.25) is 9.69 Å². The SMILES string of the molecule is CC.CNC(=O)c1ccc(CN2CCCN(C)CC2)cc1. The lowest BCUT2D eigenvalue weighted by Gasteiger charge is -2.20. The summed E-state index contributed by atoms with van der Waals surface area (Å²) in [4.78, 5) is 16.3. The van der Waals surface area contributed by atoms with Crippen LogP contribution < -0.4 is 5.32 Å². The minimum atomic E-state index is -0.0250. The van der Waals surface area contributed by atoms with Crippen LogP contribution in [-0.4, -0.2) is 56.0 Å². The number of rotatable bonds is 3. The molecule has 0 radical (unpaired) electrons. The van der Waals surface area contributed by atoms with Gasteiger partial charge in [-0.15, -0.1) is 0 Å². The average molecular weight is 291 g/mol. The molecule has 0 saturated carbocycles. The van der Waals surface area contributed by atoms with E-state index in [-0.39, 0.29) is 5.91 Å². The average Bonchev–Trinajstić information content (AvgIpc) is 2.74. The molecule has 1 amide bonds. The predicted octanol–water partition coefficient (Wildman–Crippen LogP) is 2.21. The van der Waals surface area contributed by atoms with E-state index in [1.165, 1.54) is 18.5 Å². The molecule has 0 aliphatic carbocycles. The predicted molar refractivity (Wildman–Crippen MR) is 88.6 cm³/mol. The van der Waals surface area contributed by atoms with E-state index in [0.717, 1.165) is 31.7 Å². The molecule has 0 unspecified atom stereocenters. The second-order valence-corrected chi connectivity index (χ2v) is 5.21. The first kappa shape index (κ1) is 17.7. The quantitative estimate of drug-likeness (QED) is 0.927. The highest BCUT2D eigenvalue weighted by Gasteiger charge is 2.12. The summed E-state index contributed by atoms with van der Waals surface area (Å²) < 4.78 is 0. The molecule has 0 aromatic heterocycles. The van der Waals surface area contributed by atoms with Gasteiger partial charge in [0, 0.05) is 32.2 Å². The molecule has 1 aliphatic heterocycles. The maximum Gasteiger partial charge on any atom is 0.251 e. The van der Waals surface area contributed by atoms with Gasteiger partial charge in [-0.2, -0.15) is 0 Å². The molecular weight excluding hydrogens is 262 g/mol.